The molecule has 1 atom stereocenters. The Kier molecular flexibility index (Phi) is 3.10. The highest BCUT2D eigenvalue weighted by Gasteiger charge is 2.25. The number of amides is 1. The van der Waals surface area contributed by atoms with Crippen LogP contribution in [-0.2, 0) is 0 Å². The zero-order valence-corrected chi connectivity index (χ0v) is 12.0. The highest BCUT2D eigenvalue weighted by molar-refractivity contribution is 5.94. The van der Waals surface area contributed by atoms with Gasteiger partial charge in [-0.25, -0.2) is 4.98 Å². The molecule has 4 rings (SSSR count). The summed E-state index contributed by atoms with van der Waals surface area (Å²) >= 11 is 0. The second-order valence-corrected chi connectivity index (χ2v) is 5.57. The Labute approximate surface area is 127 Å². The van der Waals surface area contributed by atoms with Crippen LogP contribution in [0.2, 0.25) is 0 Å². The third kappa shape index (κ3) is 2.24. The van der Waals surface area contributed by atoms with Crippen LogP contribution in [-0.4, -0.2) is 48.0 Å². The molecule has 0 bridgehead atoms. The molecule has 0 spiro atoms. The van der Waals surface area contributed by atoms with Crippen LogP contribution in [0.5, 0.6) is 0 Å². The summed E-state index contributed by atoms with van der Waals surface area (Å²) in [6.45, 7) is 1.51. The number of pyridine rings is 1. The van der Waals surface area contributed by atoms with Gasteiger partial charge in [0.1, 0.15) is 6.33 Å². The average molecular weight is 296 g/mol. The summed E-state index contributed by atoms with van der Waals surface area (Å²) in [6.07, 6.45) is 11.0. The van der Waals surface area contributed by atoms with E-state index in [9.17, 15) is 4.79 Å². The van der Waals surface area contributed by atoms with Gasteiger partial charge in [-0.15, -0.1) is 10.2 Å². The molecule has 0 aliphatic carbocycles. The number of hydrogen-bond donors (Lipinski definition) is 0. The first kappa shape index (κ1) is 13.0. The van der Waals surface area contributed by atoms with E-state index in [0.29, 0.717) is 11.6 Å². The van der Waals surface area contributed by atoms with Crippen LogP contribution in [0, 0.1) is 0 Å². The molecule has 0 radical (unpaired) electrons. The fraction of sp³-hybridized carbons (Fsp3) is 0.333. The molecule has 1 amide bonds. The lowest BCUT2D eigenvalue weighted by Crippen LogP contribution is -2.40. The molecule has 0 N–H and O–H groups in total. The molecule has 112 valence electrons. The number of fused-ring (bicyclic) bond motifs is 1. The second kappa shape index (κ2) is 5.25. The van der Waals surface area contributed by atoms with E-state index in [1.165, 1.54) is 0 Å². The van der Waals surface area contributed by atoms with Crippen molar-refractivity contribution in [2.45, 2.75) is 18.9 Å². The Morgan fingerprint density at radius 1 is 1.27 bits per heavy atom. The highest BCUT2D eigenvalue weighted by Crippen LogP contribution is 2.22. The van der Waals surface area contributed by atoms with Crippen LogP contribution in [0.1, 0.15) is 29.2 Å². The van der Waals surface area contributed by atoms with Crippen LogP contribution >= 0.6 is 0 Å². The summed E-state index contributed by atoms with van der Waals surface area (Å²) in [5, 5.41) is 7.79. The minimum atomic E-state index is 0.0559. The van der Waals surface area contributed by atoms with E-state index < -0.39 is 0 Å². The predicted molar refractivity (Wildman–Crippen MR) is 79.4 cm³/mol. The van der Waals surface area contributed by atoms with Crippen molar-refractivity contribution in [2.75, 3.05) is 13.1 Å². The van der Waals surface area contributed by atoms with E-state index in [1.54, 1.807) is 23.1 Å². The van der Waals surface area contributed by atoms with E-state index in [-0.39, 0.29) is 5.91 Å². The van der Waals surface area contributed by atoms with Gasteiger partial charge in [-0.1, -0.05) is 0 Å². The lowest BCUT2D eigenvalue weighted by Gasteiger charge is -2.33. The number of imidazole rings is 1. The summed E-state index contributed by atoms with van der Waals surface area (Å²) in [4.78, 5) is 18.7. The van der Waals surface area contributed by atoms with Gasteiger partial charge in [0.25, 0.3) is 5.91 Å². The van der Waals surface area contributed by atoms with Crippen LogP contribution in [0.4, 0.5) is 0 Å². The molecule has 4 heterocycles. The molecule has 7 heteroatoms. The smallest absolute Gasteiger partial charge is 0.255 e. The molecular weight excluding hydrogens is 280 g/mol. The third-order valence-corrected chi connectivity index (χ3v) is 4.17. The van der Waals surface area contributed by atoms with Crippen LogP contribution in [0.15, 0.2) is 43.4 Å². The van der Waals surface area contributed by atoms with E-state index in [2.05, 4.69) is 19.7 Å². The summed E-state index contributed by atoms with van der Waals surface area (Å²) < 4.78 is 3.85. The number of piperidine rings is 1. The maximum Gasteiger partial charge on any atom is 0.255 e. The van der Waals surface area contributed by atoms with Crippen molar-refractivity contribution in [3.63, 3.8) is 0 Å². The lowest BCUT2D eigenvalue weighted by molar-refractivity contribution is 0.0679. The molecular formula is C15H16N6O. The third-order valence-electron chi connectivity index (χ3n) is 4.17. The van der Waals surface area contributed by atoms with Crippen molar-refractivity contribution in [1.82, 2.24) is 29.0 Å². The SMILES string of the molecule is O=C(c1ccc2nncn2c1)N1CCC[C@@H](n2ccnc2)C1. The monoisotopic (exact) mass is 296 g/mol. The Hall–Kier alpha value is -2.70. The maximum atomic E-state index is 12.7. The maximum absolute atomic E-state index is 12.7. The Balaban J connectivity index is 1.56. The normalized spacial score (nSPS) is 18.7. The van der Waals surface area contributed by atoms with Gasteiger partial charge in [0.05, 0.1) is 17.9 Å². The largest absolute Gasteiger partial charge is 0.337 e. The van der Waals surface area contributed by atoms with Gasteiger partial charge in [0, 0.05) is 31.7 Å². The molecule has 3 aromatic rings. The average Bonchev–Trinajstić information content (AvgIpc) is 3.25. The van der Waals surface area contributed by atoms with Crippen molar-refractivity contribution in [3.05, 3.63) is 48.9 Å². The highest BCUT2D eigenvalue weighted by atomic mass is 16.2. The first-order valence-electron chi connectivity index (χ1n) is 7.37. The number of nitrogens with zero attached hydrogens (tertiary/aromatic N) is 6. The van der Waals surface area contributed by atoms with E-state index >= 15 is 0 Å². The zero-order chi connectivity index (χ0) is 14.9. The summed E-state index contributed by atoms with van der Waals surface area (Å²) in [7, 11) is 0. The Morgan fingerprint density at radius 2 is 2.23 bits per heavy atom. The van der Waals surface area contributed by atoms with Gasteiger partial charge in [-0.3, -0.25) is 9.20 Å². The molecule has 0 saturated carbocycles. The first-order valence-corrected chi connectivity index (χ1v) is 7.37. The van der Waals surface area contributed by atoms with Crippen molar-refractivity contribution < 1.29 is 4.79 Å². The molecule has 1 fully saturated rings. The Bertz CT molecular complexity index is 793. The van der Waals surface area contributed by atoms with Crippen molar-refractivity contribution in [1.29, 1.82) is 0 Å². The van der Waals surface area contributed by atoms with Crippen molar-refractivity contribution in [3.8, 4) is 0 Å². The number of rotatable bonds is 2. The topological polar surface area (TPSA) is 68.3 Å². The van der Waals surface area contributed by atoms with E-state index in [0.717, 1.165) is 31.6 Å². The van der Waals surface area contributed by atoms with Crippen LogP contribution in [0.25, 0.3) is 5.65 Å². The van der Waals surface area contributed by atoms with Gasteiger partial charge in [0.15, 0.2) is 5.65 Å². The summed E-state index contributed by atoms with van der Waals surface area (Å²) in [5.41, 5.74) is 1.41. The van der Waals surface area contributed by atoms with Crippen molar-refractivity contribution in [2.24, 2.45) is 0 Å². The number of hydrogen-bond acceptors (Lipinski definition) is 4. The molecule has 22 heavy (non-hydrogen) atoms. The number of carbonyl (C=O) groups is 1. The summed E-state index contributed by atoms with van der Waals surface area (Å²) in [5.74, 6) is 0.0559. The lowest BCUT2D eigenvalue weighted by atomic mass is 10.0. The standard InChI is InChI=1S/C15H16N6O/c22-15(12-3-4-14-18-17-11-21(14)8-12)19-6-1-2-13(9-19)20-7-5-16-10-20/h3-5,7-8,10-11,13H,1-2,6,9H2/t13-/m1/s1. The minimum absolute atomic E-state index is 0.0559. The molecule has 1 aliphatic heterocycles. The number of likely N-dealkylation sites (tertiary alicyclic amines) is 1. The molecule has 7 nitrogen and oxygen atoms in total. The van der Waals surface area contributed by atoms with Gasteiger partial charge in [0.2, 0.25) is 0 Å². The van der Waals surface area contributed by atoms with Gasteiger partial charge >= 0.3 is 0 Å². The van der Waals surface area contributed by atoms with Crippen LogP contribution < -0.4 is 0 Å². The fourth-order valence-electron chi connectivity index (χ4n) is 3.00. The number of carbonyl (C=O) groups excluding carboxylic acids is 1. The van der Waals surface area contributed by atoms with Crippen molar-refractivity contribution >= 4 is 11.6 Å². The molecule has 0 unspecified atom stereocenters. The quantitative estimate of drug-likeness (QED) is 0.717. The minimum Gasteiger partial charge on any atom is -0.337 e. The molecule has 1 saturated heterocycles. The molecule has 3 aromatic heterocycles. The van der Waals surface area contributed by atoms with Gasteiger partial charge < -0.3 is 9.47 Å². The fourth-order valence-corrected chi connectivity index (χ4v) is 3.00. The number of aromatic nitrogens is 5. The van der Waals surface area contributed by atoms with E-state index in [4.69, 9.17) is 0 Å². The van der Waals surface area contributed by atoms with Crippen LogP contribution in [0.3, 0.4) is 0 Å². The Morgan fingerprint density at radius 3 is 3.09 bits per heavy atom. The second-order valence-electron chi connectivity index (χ2n) is 5.57. The van der Waals surface area contributed by atoms with Gasteiger partial charge in [-0.2, -0.15) is 0 Å². The first-order chi connectivity index (χ1) is 10.8. The van der Waals surface area contributed by atoms with Gasteiger partial charge in [-0.05, 0) is 25.0 Å². The zero-order valence-electron chi connectivity index (χ0n) is 12.0. The predicted octanol–water partition coefficient (Wildman–Crippen LogP) is 1.40. The molecule has 0 aromatic carbocycles. The summed E-state index contributed by atoms with van der Waals surface area (Å²) in [6, 6.07) is 3.93. The molecule has 1 aliphatic rings. The van der Waals surface area contributed by atoms with E-state index in [1.807, 2.05) is 29.6 Å².